The maximum Gasteiger partial charge on any atom is 0.254 e. The molecule has 2 N–H and O–H groups in total. The molecule has 1 aromatic heterocycles. The Labute approximate surface area is 259 Å². The number of fused-ring (bicyclic) bond motifs is 2. The minimum absolute atomic E-state index is 0. The summed E-state index contributed by atoms with van der Waals surface area (Å²) in [4.78, 5) is 40.4. The number of methoxy groups -OCH3 is 1. The van der Waals surface area contributed by atoms with E-state index in [0.29, 0.717) is 28.0 Å². The third kappa shape index (κ3) is 6.72. The Kier molecular flexibility index (Phi) is 11.4. The van der Waals surface area contributed by atoms with Crippen molar-refractivity contribution in [1.82, 2.24) is 14.9 Å². The summed E-state index contributed by atoms with van der Waals surface area (Å²) in [6.45, 7) is 2.45. The number of benzene rings is 2. The van der Waals surface area contributed by atoms with Crippen LogP contribution in [0.4, 0.5) is 17.3 Å². The number of aromatic nitrogens is 2. The predicted octanol–water partition coefficient (Wildman–Crippen LogP) is 4.78. The van der Waals surface area contributed by atoms with Gasteiger partial charge in [-0.3, -0.25) is 4.79 Å². The van der Waals surface area contributed by atoms with Crippen LogP contribution in [0.1, 0.15) is 18.4 Å². The number of imidazole rings is 1. The van der Waals surface area contributed by atoms with Gasteiger partial charge < -0.3 is 29.7 Å². The van der Waals surface area contributed by atoms with Crippen molar-refractivity contribution in [3.05, 3.63) is 77.0 Å². The minimum Gasteiger partial charge on any atom is -0.371 e. The number of anilines is 3. The molecule has 1 unspecified atom stereocenters. The summed E-state index contributed by atoms with van der Waals surface area (Å²) in [6, 6.07) is 13.9. The van der Waals surface area contributed by atoms with Crippen LogP contribution in [0.3, 0.4) is 0 Å². The molecule has 5 rings (SSSR count). The number of allylic oxidation sites excluding steroid dienone is 2. The van der Waals surface area contributed by atoms with E-state index in [-0.39, 0.29) is 30.7 Å². The van der Waals surface area contributed by atoms with Crippen molar-refractivity contribution in [1.29, 1.82) is 0 Å². The summed E-state index contributed by atoms with van der Waals surface area (Å²) >= 11 is 0. The maximum absolute atomic E-state index is 13.6. The van der Waals surface area contributed by atoms with Gasteiger partial charge in [-0.05, 0) is 69.3 Å². The Bertz CT molecular complexity index is 1530. The van der Waals surface area contributed by atoms with Gasteiger partial charge >= 0.3 is 0 Å². The average Bonchev–Trinajstić information content (AvgIpc) is 3.30. The molecule has 11 heteroatoms. The first kappa shape index (κ1) is 32.9. The number of aromatic amines is 1. The standard InChI is InChI=1S/C31H36N6O3.2ClH/c1-35(2)18-19-36(3)31-33-25-13-9-12-24(28(25)34-31)32-30(39)22-15-16-27(23(20-38)29(22)40-4)37-17-8-7-11-21-10-5-6-14-26(21)37;;/h5-6,9-10,12-16,29H,7-8,11,17-19H2,1-4H3,(H,32,39)(H,33,34);2*1H. The fourth-order valence-electron chi connectivity index (χ4n) is 5.31. The fourth-order valence-corrected chi connectivity index (χ4v) is 5.31. The second kappa shape index (κ2) is 14.5. The number of nitrogens with zero attached hydrogens (tertiary/aromatic N) is 4. The zero-order valence-corrected chi connectivity index (χ0v) is 26.0. The summed E-state index contributed by atoms with van der Waals surface area (Å²) in [7, 11) is 7.55. The van der Waals surface area contributed by atoms with E-state index in [1.165, 1.54) is 12.7 Å². The van der Waals surface area contributed by atoms with Crippen LogP contribution < -0.4 is 15.1 Å². The van der Waals surface area contributed by atoms with Crippen LogP contribution in [0.5, 0.6) is 0 Å². The zero-order valence-electron chi connectivity index (χ0n) is 24.3. The quantitative estimate of drug-likeness (QED) is 0.353. The number of H-pyrrole nitrogens is 1. The van der Waals surface area contributed by atoms with Gasteiger partial charge in [-0.1, -0.05) is 24.3 Å². The Balaban J connectivity index is 0.00000242. The van der Waals surface area contributed by atoms with Gasteiger partial charge in [0.1, 0.15) is 17.6 Å². The molecule has 1 atom stereocenters. The molecule has 2 aromatic carbocycles. The molecule has 0 saturated carbocycles. The Morgan fingerprint density at radius 1 is 1.10 bits per heavy atom. The van der Waals surface area contributed by atoms with Crippen LogP contribution >= 0.6 is 24.8 Å². The summed E-state index contributed by atoms with van der Waals surface area (Å²) in [5.74, 6) is 2.47. The number of hydrogen-bond acceptors (Lipinski definition) is 7. The second-order valence-electron chi connectivity index (χ2n) is 10.5. The summed E-state index contributed by atoms with van der Waals surface area (Å²) in [6.07, 6.45) is 5.79. The maximum atomic E-state index is 13.6. The number of aryl methyl sites for hydroxylation is 1. The molecule has 1 aliphatic carbocycles. The van der Waals surface area contributed by atoms with Gasteiger partial charge in [0.15, 0.2) is 0 Å². The molecule has 9 nitrogen and oxygen atoms in total. The first-order valence-corrected chi connectivity index (χ1v) is 13.6. The van der Waals surface area contributed by atoms with Crippen molar-refractivity contribution in [2.75, 3.05) is 63.0 Å². The topological polar surface area (TPSA) is 93.8 Å². The molecule has 0 spiro atoms. The summed E-state index contributed by atoms with van der Waals surface area (Å²) < 4.78 is 5.75. The molecule has 224 valence electrons. The van der Waals surface area contributed by atoms with Crippen LogP contribution in [-0.4, -0.2) is 80.7 Å². The average molecular weight is 614 g/mol. The lowest BCUT2D eigenvalue weighted by Crippen LogP contribution is -2.35. The monoisotopic (exact) mass is 612 g/mol. The molecular weight excluding hydrogens is 575 g/mol. The van der Waals surface area contributed by atoms with Crippen LogP contribution in [0.25, 0.3) is 11.0 Å². The van der Waals surface area contributed by atoms with Crippen molar-refractivity contribution in [3.8, 4) is 0 Å². The molecule has 1 aliphatic heterocycles. The van der Waals surface area contributed by atoms with E-state index in [9.17, 15) is 9.59 Å². The Hall–Kier alpha value is -3.59. The lowest BCUT2D eigenvalue weighted by Gasteiger charge is -2.32. The molecule has 42 heavy (non-hydrogen) atoms. The molecule has 0 fully saturated rings. The molecule has 1 amide bonds. The first-order valence-electron chi connectivity index (χ1n) is 13.6. The van der Waals surface area contributed by atoms with Crippen LogP contribution in [-0.2, 0) is 20.7 Å². The highest BCUT2D eigenvalue weighted by atomic mass is 35.5. The van der Waals surface area contributed by atoms with Gasteiger partial charge in [-0.25, -0.2) is 9.78 Å². The van der Waals surface area contributed by atoms with Gasteiger partial charge in [-0.15, -0.1) is 24.8 Å². The normalized spacial score (nSPS) is 16.4. The number of rotatable bonds is 8. The highest BCUT2D eigenvalue weighted by Gasteiger charge is 2.34. The van der Waals surface area contributed by atoms with Crippen molar-refractivity contribution >= 4 is 65.0 Å². The molecular formula is C31H38Cl2N6O3. The highest BCUT2D eigenvalue weighted by Crippen LogP contribution is 2.36. The number of ether oxygens (including phenoxy) is 1. The van der Waals surface area contributed by atoms with Gasteiger partial charge in [0.05, 0.1) is 28.0 Å². The van der Waals surface area contributed by atoms with E-state index in [0.717, 1.165) is 56.0 Å². The van der Waals surface area contributed by atoms with Crippen LogP contribution in [0.2, 0.25) is 0 Å². The Morgan fingerprint density at radius 2 is 1.88 bits per heavy atom. The number of halogens is 2. The number of likely N-dealkylation sites (N-methyl/N-ethyl adjacent to an activating group) is 2. The summed E-state index contributed by atoms with van der Waals surface area (Å²) in [5, 5.41) is 3.00. The molecule has 0 saturated heterocycles. The van der Waals surface area contributed by atoms with E-state index < -0.39 is 6.10 Å². The van der Waals surface area contributed by atoms with Gasteiger partial charge in [0, 0.05) is 39.5 Å². The zero-order chi connectivity index (χ0) is 28.2. The molecule has 0 radical (unpaired) electrons. The molecule has 2 heterocycles. The van der Waals surface area contributed by atoms with Gasteiger partial charge in [-0.2, -0.15) is 0 Å². The van der Waals surface area contributed by atoms with Crippen LogP contribution in [0, 0.1) is 0 Å². The van der Waals surface area contributed by atoms with Crippen LogP contribution in [0.15, 0.2) is 71.5 Å². The fraction of sp³-hybridized carbons (Fsp3) is 0.355. The van der Waals surface area contributed by atoms with E-state index in [4.69, 9.17) is 9.72 Å². The predicted molar refractivity (Wildman–Crippen MR) is 174 cm³/mol. The Morgan fingerprint density at radius 3 is 2.62 bits per heavy atom. The highest BCUT2D eigenvalue weighted by molar-refractivity contribution is 6.09. The number of carbonyl (C=O) groups excluding carboxylic acids is 2. The van der Waals surface area contributed by atoms with E-state index in [2.05, 4.69) is 38.2 Å². The van der Waals surface area contributed by atoms with Crippen molar-refractivity contribution < 1.29 is 14.3 Å². The van der Waals surface area contributed by atoms with Gasteiger partial charge in [0.25, 0.3) is 5.91 Å². The largest absolute Gasteiger partial charge is 0.371 e. The van der Waals surface area contributed by atoms with Crippen molar-refractivity contribution in [2.24, 2.45) is 0 Å². The number of nitrogens with one attached hydrogen (secondary N) is 2. The molecule has 0 bridgehead atoms. The van der Waals surface area contributed by atoms with Crippen molar-refractivity contribution in [3.63, 3.8) is 0 Å². The third-order valence-electron chi connectivity index (χ3n) is 7.49. The van der Waals surface area contributed by atoms with E-state index >= 15 is 0 Å². The van der Waals surface area contributed by atoms with E-state index in [1.807, 2.05) is 62.5 Å². The third-order valence-corrected chi connectivity index (χ3v) is 7.49. The minimum atomic E-state index is -0.848. The number of carbonyl (C=O) groups is 1. The number of para-hydroxylation sites is 2. The SMILES string of the molecule is COC1C(=C=O)C(N2CCCCc3ccccc32)=CC=C1C(=O)Nc1cccc2[nH]c(N(C)CCN(C)C)nc12.Cl.Cl. The number of amides is 1. The lowest BCUT2D eigenvalue weighted by atomic mass is 9.92. The smallest absolute Gasteiger partial charge is 0.254 e. The van der Waals surface area contributed by atoms with E-state index in [1.54, 1.807) is 6.08 Å². The lowest BCUT2D eigenvalue weighted by molar-refractivity contribution is -0.113. The van der Waals surface area contributed by atoms with Gasteiger partial charge in [0.2, 0.25) is 5.95 Å². The first-order chi connectivity index (χ1) is 19.4. The van der Waals surface area contributed by atoms with Crippen molar-refractivity contribution in [2.45, 2.75) is 25.4 Å². The second-order valence-corrected chi connectivity index (χ2v) is 10.5. The molecule has 2 aliphatic rings. The summed E-state index contributed by atoms with van der Waals surface area (Å²) in [5.41, 5.74) is 5.75. The molecule has 3 aromatic rings. The number of hydrogen-bond donors (Lipinski definition) is 2.